The van der Waals surface area contributed by atoms with Crippen LogP contribution in [0.4, 0.5) is 0 Å². The highest BCUT2D eigenvalue weighted by atomic mass is 16.5. The van der Waals surface area contributed by atoms with Crippen molar-refractivity contribution < 1.29 is 9.32 Å². The van der Waals surface area contributed by atoms with Crippen LogP contribution in [0.25, 0.3) is 0 Å². The highest BCUT2D eigenvalue weighted by Gasteiger charge is 2.24. The Morgan fingerprint density at radius 3 is 3.00 bits per heavy atom. The molecule has 1 aliphatic rings. The minimum atomic E-state index is 0.213. The second-order valence-corrected chi connectivity index (χ2v) is 5.95. The minimum Gasteiger partial charge on any atom is -0.361 e. The maximum atomic E-state index is 12.5. The molecule has 1 atom stereocenters. The predicted octanol–water partition coefficient (Wildman–Crippen LogP) is 2.28. The highest BCUT2D eigenvalue weighted by molar-refractivity contribution is 5.76. The number of imidazole rings is 1. The van der Waals surface area contributed by atoms with Gasteiger partial charge in [-0.05, 0) is 33.1 Å². The molecule has 2 aromatic rings. The topological polar surface area (TPSA) is 64.2 Å². The third-order valence-electron chi connectivity index (χ3n) is 4.47. The SMILES string of the molecule is Cc1noc(C)c1CCC(=O)N1CCC[C@H](n2ccnc2)C1. The van der Waals surface area contributed by atoms with Gasteiger partial charge < -0.3 is 14.0 Å². The van der Waals surface area contributed by atoms with Crippen molar-refractivity contribution in [3.63, 3.8) is 0 Å². The van der Waals surface area contributed by atoms with Crippen LogP contribution in [-0.4, -0.2) is 38.6 Å². The zero-order valence-corrected chi connectivity index (χ0v) is 13.2. The number of nitrogens with zero attached hydrogens (tertiary/aromatic N) is 4. The highest BCUT2D eigenvalue weighted by Crippen LogP contribution is 2.22. The number of carbonyl (C=O) groups is 1. The number of likely N-dealkylation sites (tertiary alicyclic amines) is 1. The molecule has 0 bridgehead atoms. The molecule has 6 nitrogen and oxygen atoms in total. The van der Waals surface area contributed by atoms with Gasteiger partial charge in [0.1, 0.15) is 5.76 Å². The first-order valence-electron chi connectivity index (χ1n) is 7.82. The molecule has 0 spiro atoms. The van der Waals surface area contributed by atoms with Crippen LogP contribution in [-0.2, 0) is 11.2 Å². The number of amides is 1. The van der Waals surface area contributed by atoms with E-state index in [0.29, 0.717) is 18.9 Å². The van der Waals surface area contributed by atoms with Gasteiger partial charge in [-0.3, -0.25) is 4.79 Å². The molecule has 1 aliphatic heterocycles. The number of hydrogen-bond acceptors (Lipinski definition) is 4. The van der Waals surface area contributed by atoms with Gasteiger partial charge in [0.25, 0.3) is 0 Å². The van der Waals surface area contributed by atoms with E-state index in [-0.39, 0.29) is 5.91 Å². The molecule has 3 rings (SSSR count). The second kappa shape index (κ2) is 6.34. The lowest BCUT2D eigenvalue weighted by Crippen LogP contribution is -2.40. The summed E-state index contributed by atoms with van der Waals surface area (Å²) in [5.41, 5.74) is 1.96. The van der Waals surface area contributed by atoms with E-state index in [1.54, 1.807) is 6.20 Å². The largest absolute Gasteiger partial charge is 0.361 e. The molecule has 3 heterocycles. The summed E-state index contributed by atoms with van der Waals surface area (Å²) in [6.45, 7) is 5.45. The van der Waals surface area contributed by atoms with E-state index in [4.69, 9.17) is 4.52 Å². The fraction of sp³-hybridized carbons (Fsp3) is 0.562. The lowest BCUT2D eigenvalue weighted by atomic mass is 10.0. The van der Waals surface area contributed by atoms with Crippen LogP contribution in [0.15, 0.2) is 23.2 Å². The van der Waals surface area contributed by atoms with Gasteiger partial charge in [0.2, 0.25) is 5.91 Å². The number of aromatic nitrogens is 3. The molecule has 22 heavy (non-hydrogen) atoms. The van der Waals surface area contributed by atoms with Gasteiger partial charge in [0.15, 0.2) is 0 Å². The molecular formula is C16H22N4O2. The van der Waals surface area contributed by atoms with Crippen molar-refractivity contribution in [1.29, 1.82) is 0 Å². The first kappa shape index (κ1) is 14.8. The molecule has 6 heteroatoms. The van der Waals surface area contributed by atoms with Crippen molar-refractivity contribution in [2.24, 2.45) is 0 Å². The standard InChI is InChI=1S/C16H22N4O2/c1-12-15(13(2)22-18-12)5-6-16(21)19-8-3-4-14(10-19)20-9-7-17-11-20/h7,9,11,14H,3-6,8,10H2,1-2H3/t14-/m0/s1. The van der Waals surface area contributed by atoms with Crippen molar-refractivity contribution in [2.45, 2.75) is 45.6 Å². The molecule has 118 valence electrons. The quantitative estimate of drug-likeness (QED) is 0.869. The Bertz CT molecular complexity index is 613. The van der Waals surface area contributed by atoms with Crippen molar-refractivity contribution >= 4 is 5.91 Å². The van der Waals surface area contributed by atoms with Crippen molar-refractivity contribution in [2.75, 3.05) is 13.1 Å². The fourth-order valence-corrected chi connectivity index (χ4v) is 3.16. The molecule has 1 amide bonds. The van der Waals surface area contributed by atoms with Crippen molar-refractivity contribution in [1.82, 2.24) is 19.6 Å². The number of hydrogen-bond donors (Lipinski definition) is 0. The van der Waals surface area contributed by atoms with Crippen LogP contribution in [0.1, 0.15) is 42.3 Å². The van der Waals surface area contributed by atoms with E-state index in [9.17, 15) is 4.79 Å². The molecule has 1 fully saturated rings. The Hall–Kier alpha value is -2.11. The number of rotatable bonds is 4. The molecule has 0 aliphatic carbocycles. The molecular weight excluding hydrogens is 280 g/mol. The molecule has 0 radical (unpaired) electrons. The first-order chi connectivity index (χ1) is 10.6. The Balaban J connectivity index is 1.58. The number of piperidine rings is 1. The van der Waals surface area contributed by atoms with Crippen LogP contribution in [0, 0.1) is 13.8 Å². The molecule has 0 saturated carbocycles. The third-order valence-corrected chi connectivity index (χ3v) is 4.47. The monoisotopic (exact) mass is 302 g/mol. The lowest BCUT2D eigenvalue weighted by Gasteiger charge is -2.33. The lowest BCUT2D eigenvalue weighted by molar-refractivity contribution is -0.132. The third kappa shape index (κ3) is 3.05. The van der Waals surface area contributed by atoms with Crippen LogP contribution in [0.5, 0.6) is 0 Å². The summed E-state index contributed by atoms with van der Waals surface area (Å²) in [7, 11) is 0. The maximum absolute atomic E-state index is 12.5. The smallest absolute Gasteiger partial charge is 0.222 e. The van der Waals surface area contributed by atoms with Gasteiger partial charge in [-0.25, -0.2) is 4.98 Å². The van der Waals surface area contributed by atoms with Crippen LogP contribution < -0.4 is 0 Å². The average molecular weight is 302 g/mol. The number of aryl methyl sites for hydroxylation is 2. The predicted molar refractivity (Wildman–Crippen MR) is 81.4 cm³/mol. The average Bonchev–Trinajstić information content (AvgIpc) is 3.16. The Morgan fingerprint density at radius 2 is 2.32 bits per heavy atom. The van der Waals surface area contributed by atoms with Gasteiger partial charge in [0.05, 0.1) is 18.1 Å². The zero-order valence-electron chi connectivity index (χ0n) is 13.2. The summed E-state index contributed by atoms with van der Waals surface area (Å²) in [5, 5.41) is 3.94. The van der Waals surface area contributed by atoms with Gasteiger partial charge in [-0.2, -0.15) is 0 Å². The summed E-state index contributed by atoms with van der Waals surface area (Å²) >= 11 is 0. The van der Waals surface area contributed by atoms with Gasteiger partial charge in [0, 0.05) is 37.5 Å². The second-order valence-electron chi connectivity index (χ2n) is 5.95. The zero-order chi connectivity index (χ0) is 15.5. The molecule has 1 saturated heterocycles. The number of carbonyl (C=O) groups excluding carboxylic acids is 1. The van der Waals surface area contributed by atoms with Gasteiger partial charge >= 0.3 is 0 Å². The van der Waals surface area contributed by atoms with E-state index in [2.05, 4.69) is 14.7 Å². The summed E-state index contributed by atoms with van der Waals surface area (Å²) in [4.78, 5) is 18.6. The maximum Gasteiger partial charge on any atom is 0.222 e. The van der Waals surface area contributed by atoms with Crippen molar-refractivity contribution in [3.05, 3.63) is 35.7 Å². The molecule has 0 aromatic carbocycles. The van der Waals surface area contributed by atoms with Crippen LogP contribution in [0.3, 0.4) is 0 Å². The van der Waals surface area contributed by atoms with E-state index in [1.165, 1.54) is 0 Å². The summed E-state index contributed by atoms with van der Waals surface area (Å²) in [6.07, 6.45) is 8.96. The van der Waals surface area contributed by atoms with E-state index in [0.717, 1.165) is 42.9 Å². The summed E-state index contributed by atoms with van der Waals surface area (Å²) < 4.78 is 7.26. The first-order valence-corrected chi connectivity index (χ1v) is 7.82. The Labute approximate surface area is 130 Å². The minimum absolute atomic E-state index is 0.213. The molecule has 0 N–H and O–H groups in total. The van der Waals surface area contributed by atoms with Gasteiger partial charge in [-0.1, -0.05) is 5.16 Å². The Kier molecular flexibility index (Phi) is 4.27. The van der Waals surface area contributed by atoms with Crippen LogP contribution >= 0.6 is 0 Å². The van der Waals surface area contributed by atoms with E-state index < -0.39 is 0 Å². The van der Waals surface area contributed by atoms with Gasteiger partial charge in [-0.15, -0.1) is 0 Å². The normalized spacial score (nSPS) is 18.6. The van der Waals surface area contributed by atoms with Crippen molar-refractivity contribution in [3.8, 4) is 0 Å². The Morgan fingerprint density at radius 1 is 1.45 bits per heavy atom. The summed E-state index contributed by atoms with van der Waals surface area (Å²) in [5.74, 6) is 1.03. The molecule has 2 aromatic heterocycles. The van der Waals surface area contributed by atoms with E-state index >= 15 is 0 Å². The van der Waals surface area contributed by atoms with E-state index in [1.807, 2.05) is 31.3 Å². The summed E-state index contributed by atoms with van der Waals surface area (Å²) in [6, 6.07) is 0.347. The molecule has 0 unspecified atom stereocenters. The van der Waals surface area contributed by atoms with Crippen LogP contribution in [0.2, 0.25) is 0 Å². The fourth-order valence-electron chi connectivity index (χ4n) is 3.16.